The van der Waals surface area contributed by atoms with Gasteiger partial charge in [-0.25, -0.2) is 9.59 Å². The summed E-state index contributed by atoms with van der Waals surface area (Å²) in [6.07, 6.45) is 25.5. The minimum absolute atomic E-state index is 0.180. The van der Waals surface area contributed by atoms with Crippen molar-refractivity contribution in [3.8, 4) is 0 Å². The Morgan fingerprint density at radius 1 is 0.423 bits per heavy atom. The topological polar surface area (TPSA) is 155 Å². The highest BCUT2D eigenvalue weighted by atomic mass is 80.0. The highest BCUT2D eigenvalue weighted by molar-refractivity contribution is 9.93. The van der Waals surface area contributed by atoms with E-state index in [1.807, 2.05) is 168 Å². The van der Waals surface area contributed by atoms with Crippen molar-refractivity contribution in [2.45, 2.75) is 298 Å². The third kappa shape index (κ3) is 56.2. The molecule has 638 valence electrons. The van der Waals surface area contributed by atoms with E-state index >= 15 is 0 Å². The van der Waals surface area contributed by atoms with E-state index < -0.39 is 18.3 Å². The summed E-state index contributed by atoms with van der Waals surface area (Å²) in [7, 11) is -1.34. The number of aldehydes is 1. The van der Waals surface area contributed by atoms with E-state index in [0.29, 0.717) is 11.2 Å². The van der Waals surface area contributed by atoms with E-state index in [1.54, 1.807) is 52.1 Å². The van der Waals surface area contributed by atoms with Crippen LogP contribution in [0.15, 0.2) is 122 Å². The Labute approximate surface area is 722 Å². The SMILES string of the molecule is BrP(Br)Br.CC.CC.CC.CC.CC.CC.CC.CC.CC(C)(C)OC(=O)N1CCN(CC2=C(Br)CCCC2)CC1.CC(C)(C)OC(=O)N1CCN(CC2=C(c3ccccc3)CCCC2)CC1.O=C1CCCCC1.O=CC1=C(Br)CCCC1.OB(O)c1ccccc1.c1ccc(C2=C(CN3CCNCC3)CCCC2)cc1. The molecule has 0 atom stereocenters. The van der Waals surface area contributed by atoms with Crippen LogP contribution in [0.4, 0.5) is 9.59 Å². The summed E-state index contributed by atoms with van der Waals surface area (Å²) in [5, 5.41) is 20.6. The molecule has 3 saturated heterocycles. The molecule has 0 spiro atoms. The second-order valence-electron chi connectivity index (χ2n) is 27.4. The number of piperazine rings is 3. The maximum Gasteiger partial charge on any atom is 0.488 e. The first-order valence-corrected chi connectivity index (χ1v) is 51.7. The quantitative estimate of drug-likeness (QED) is 0.101. The van der Waals surface area contributed by atoms with Crippen LogP contribution in [0.2, 0.25) is 0 Å². The van der Waals surface area contributed by atoms with Gasteiger partial charge in [-0.1, -0.05) is 251 Å². The monoisotopic (exact) mass is 1890 g/mol. The first-order chi connectivity index (χ1) is 53.5. The van der Waals surface area contributed by atoms with Gasteiger partial charge in [0.1, 0.15) is 27.3 Å². The molecule has 3 aromatic carbocycles. The number of allylic oxidation sites excluding steroid dienone is 5. The molecule has 0 unspecified atom stereocenters. The molecule has 0 radical (unpaired) electrons. The number of nitrogens with one attached hydrogen (secondary N) is 1. The minimum atomic E-state index is -1.34. The van der Waals surface area contributed by atoms with Crippen molar-refractivity contribution in [1.82, 2.24) is 29.8 Å². The molecule has 4 fully saturated rings. The van der Waals surface area contributed by atoms with Crippen molar-refractivity contribution < 1.29 is 38.7 Å². The lowest BCUT2D eigenvalue weighted by molar-refractivity contribution is -0.120. The first kappa shape index (κ1) is 114. The van der Waals surface area contributed by atoms with Crippen LogP contribution in [-0.4, -0.2) is 175 Å². The van der Waals surface area contributed by atoms with Crippen LogP contribution in [0.1, 0.15) is 298 Å². The summed E-state index contributed by atoms with van der Waals surface area (Å²) in [6.45, 7) is 58.2. The number of rotatable bonds is 10. The number of carbonyl (C=O) groups is 4. The largest absolute Gasteiger partial charge is 0.488 e. The predicted molar refractivity (Wildman–Crippen MR) is 505 cm³/mol. The van der Waals surface area contributed by atoms with Gasteiger partial charge in [0.15, 0.2) is 0 Å². The van der Waals surface area contributed by atoms with Gasteiger partial charge in [0.05, 0.1) is 0 Å². The molecule has 1 saturated carbocycles. The van der Waals surface area contributed by atoms with Crippen molar-refractivity contribution >= 4 is 130 Å². The molecule has 8 aliphatic rings. The highest BCUT2D eigenvalue weighted by Gasteiger charge is 2.29. The Morgan fingerprint density at radius 2 is 0.721 bits per heavy atom. The van der Waals surface area contributed by atoms with Gasteiger partial charge in [0, 0.05) is 121 Å². The lowest BCUT2D eigenvalue weighted by Crippen LogP contribution is -2.50. The fraction of sp³-hybridized carbons (Fsp3) is 0.667. The molecule has 21 heteroatoms. The summed E-state index contributed by atoms with van der Waals surface area (Å²) in [5.74, 6) is 0.464. The van der Waals surface area contributed by atoms with E-state index in [4.69, 9.17) is 19.5 Å². The summed E-state index contributed by atoms with van der Waals surface area (Å²) < 4.78 is 13.3. The molecule has 2 amide bonds. The van der Waals surface area contributed by atoms with Gasteiger partial charge < -0.3 is 34.6 Å². The number of Topliss-reactive ketones (excluding diaryl/α,β-unsaturated/α-hetero) is 1. The molecule has 0 aromatic heterocycles. The smallest absolute Gasteiger partial charge is 0.444 e. The van der Waals surface area contributed by atoms with Gasteiger partial charge >= 0.3 is 19.3 Å². The first-order valence-electron chi connectivity index (χ1n) is 42.7. The molecule has 3 heterocycles. The summed E-state index contributed by atoms with van der Waals surface area (Å²) in [6, 6.07) is 30.5. The Morgan fingerprint density at radius 3 is 1.02 bits per heavy atom. The number of ketones is 1. The Kier molecular flexibility index (Phi) is 77.0. The molecule has 11 rings (SSSR count). The van der Waals surface area contributed by atoms with E-state index in [-0.39, 0.29) is 16.2 Å². The van der Waals surface area contributed by atoms with Crippen molar-refractivity contribution in [1.29, 1.82) is 0 Å². The second kappa shape index (κ2) is 74.7. The highest BCUT2D eigenvalue weighted by Crippen LogP contribution is 2.59. The van der Waals surface area contributed by atoms with Gasteiger partial charge in [0.25, 0.3) is 0 Å². The molecule has 111 heavy (non-hydrogen) atoms. The zero-order chi connectivity index (χ0) is 85.0. The zero-order valence-electron chi connectivity index (χ0n) is 73.7. The average molecular weight is 1890 g/mol. The number of halogens is 5. The van der Waals surface area contributed by atoms with Crippen LogP contribution in [0.5, 0.6) is 0 Å². The maximum atomic E-state index is 12.2. The van der Waals surface area contributed by atoms with Crippen LogP contribution in [-0.2, 0) is 19.1 Å². The second-order valence-corrected chi connectivity index (χ2v) is 44.6. The van der Waals surface area contributed by atoms with Crippen molar-refractivity contribution in [3.05, 3.63) is 133 Å². The van der Waals surface area contributed by atoms with Crippen LogP contribution >= 0.6 is 82.4 Å². The van der Waals surface area contributed by atoms with Crippen LogP contribution in [0, 0.1) is 0 Å². The molecular weight excluding hydrogens is 1730 g/mol. The molecule has 3 aromatic rings. The van der Waals surface area contributed by atoms with Gasteiger partial charge in [-0.15, -0.1) is 0 Å². The summed E-state index contributed by atoms with van der Waals surface area (Å²) in [5.41, 5.74) is 11.5. The number of nitrogens with zero attached hydrogens (tertiary/aromatic N) is 5. The lowest BCUT2D eigenvalue weighted by Gasteiger charge is -2.36. The lowest BCUT2D eigenvalue weighted by atomic mass is 9.81. The predicted octanol–water partition coefficient (Wildman–Crippen LogP) is 26.2. The Hall–Kier alpha value is -2.85. The van der Waals surface area contributed by atoms with Gasteiger partial charge in [-0.05, 0) is 241 Å². The third-order valence-electron chi connectivity index (χ3n) is 17.5. The van der Waals surface area contributed by atoms with Gasteiger partial charge in [-0.2, -0.15) is 0 Å². The van der Waals surface area contributed by atoms with Crippen LogP contribution < -0.4 is 10.8 Å². The van der Waals surface area contributed by atoms with E-state index in [9.17, 15) is 19.2 Å². The van der Waals surface area contributed by atoms with E-state index in [2.05, 4.69) is 159 Å². The standard InChI is InChI=1S/C22H32N2O2.C17H24N2.C16H27BrN2O2.C7H9BrO.C6H7BO2.C6H10O.8C2H6.Br3P/c1-22(2,3)26-21(25)24-15-13-23(14-16-24)17-19-11-7-8-12-20(19)18-9-5-4-6-10-18;1-2-6-15(7-3-1)17-9-5-4-8-16(17)14-19-12-10-18-11-13-19;1-16(2,3)21-15(20)19-10-8-18(9-11-19)12-13-6-4-5-7-14(13)17;8-7-4-2-1-3-6(7)5-9;8-7(9)6-4-2-1-3-5-6;7-6-4-2-1-3-5-6;8*1-2;1-4(2)3/h4-6,9-10H,7-8,11-17H2,1-3H3;1-3,6-7,18H,4-5,8-14H2;4-12H2,1-3H3;5H,1-4H2;1-5,8-9H;1-5H2;8*1-2H3;. The molecular formula is C90H157BBr5N6O8P. The number of benzene rings is 3. The fourth-order valence-corrected chi connectivity index (χ4v) is 13.6. The van der Waals surface area contributed by atoms with Crippen LogP contribution in [0.3, 0.4) is 0 Å². The van der Waals surface area contributed by atoms with Crippen molar-refractivity contribution in [3.63, 3.8) is 0 Å². The third-order valence-corrected chi connectivity index (χ3v) is 19.4. The molecule has 3 aliphatic heterocycles. The van der Waals surface area contributed by atoms with E-state index in [1.165, 1.54) is 132 Å². The van der Waals surface area contributed by atoms with E-state index in [0.717, 1.165) is 133 Å². The Bertz CT molecular complexity index is 2870. The number of hydrogen-bond acceptors (Lipinski definition) is 12. The molecule has 5 aliphatic carbocycles. The summed E-state index contributed by atoms with van der Waals surface area (Å²) in [4.78, 5) is 56.2. The maximum absolute atomic E-state index is 12.2. The zero-order valence-corrected chi connectivity index (χ0v) is 82.5. The van der Waals surface area contributed by atoms with Crippen LogP contribution in [0.25, 0.3) is 11.1 Å². The number of hydrogen-bond donors (Lipinski definition) is 3. The fourth-order valence-electron chi connectivity index (χ4n) is 12.5. The normalized spacial score (nSPS) is 16.9. The number of ether oxygens (including phenoxy) is 2. The molecule has 14 nitrogen and oxygen atoms in total. The Balaban J connectivity index is -0.000000614. The number of carbonyl (C=O) groups excluding carboxylic acids is 4. The van der Waals surface area contributed by atoms with Gasteiger partial charge in [0.2, 0.25) is 0 Å². The summed E-state index contributed by atoms with van der Waals surface area (Å²) >= 11 is 16.6. The minimum Gasteiger partial charge on any atom is -0.444 e. The van der Waals surface area contributed by atoms with Gasteiger partial charge in [-0.3, -0.25) is 24.3 Å². The number of amides is 2. The average Bonchev–Trinajstić information content (AvgIpc) is 0.836. The van der Waals surface area contributed by atoms with Crippen molar-refractivity contribution in [2.24, 2.45) is 0 Å². The molecule has 3 N–H and O–H groups in total. The van der Waals surface area contributed by atoms with Crippen molar-refractivity contribution in [2.75, 3.05) is 98.2 Å². The molecule has 0 bridgehead atoms.